The Morgan fingerprint density at radius 1 is 0.900 bits per heavy atom. The molecule has 8 heteroatoms. The van der Waals surface area contributed by atoms with E-state index in [1.165, 1.54) is 0 Å². The number of unbranched alkanes of at least 4 members (excludes halogenated alkanes) is 1. The van der Waals surface area contributed by atoms with Crippen molar-refractivity contribution in [3.8, 4) is 11.1 Å². The minimum absolute atomic E-state index is 0.0424. The number of piperidine rings is 1. The largest absolute Gasteiger partial charge is 0.401 e. The molecular weight excluding hydrogens is 515 g/mol. The summed E-state index contributed by atoms with van der Waals surface area (Å²) in [5.41, 5.74) is 3.37. The average molecular weight is 552 g/mol. The number of benzene rings is 3. The van der Waals surface area contributed by atoms with Gasteiger partial charge in [0.25, 0.3) is 5.91 Å². The second-order valence-electron chi connectivity index (χ2n) is 10.9. The lowest BCUT2D eigenvalue weighted by atomic mass is 9.72. The third-order valence-corrected chi connectivity index (χ3v) is 8.32. The quantitative estimate of drug-likeness (QED) is 0.230. The molecule has 1 aliphatic heterocycles. The van der Waals surface area contributed by atoms with Gasteiger partial charge in [-0.05, 0) is 66.6 Å². The monoisotopic (exact) mass is 551 g/mol. The van der Waals surface area contributed by atoms with Gasteiger partial charge in [-0.1, -0.05) is 73.2 Å². The van der Waals surface area contributed by atoms with Crippen molar-refractivity contribution in [2.24, 2.45) is 0 Å². The van der Waals surface area contributed by atoms with Crippen LogP contribution in [0.3, 0.4) is 0 Å². The number of alkyl halides is 3. The highest BCUT2D eigenvalue weighted by molar-refractivity contribution is 5.94. The minimum atomic E-state index is -4.42. The molecule has 0 radical (unpaired) electrons. The van der Waals surface area contributed by atoms with Crippen LogP contribution >= 0.6 is 0 Å². The van der Waals surface area contributed by atoms with Gasteiger partial charge in [0, 0.05) is 24.7 Å². The SMILES string of the molecule is O=C(NC1CCN(CCCCC2(C(O)NCC(F)(F)F)c3ccccc3-c3ccccc32)CC1)c1ccccc1. The molecule has 2 aliphatic rings. The molecule has 1 aliphatic carbocycles. The van der Waals surface area contributed by atoms with Gasteiger partial charge in [-0.3, -0.25) is 10.1 Å². The Bertz CT molecular complexity index is 1240. The number of rotatable bonds is 10. The first-order valence-electron chi connectivity index (χ1n) is 14.0. The summed E-state index contributed by atoms with van der Waals surface area (Å²) in [7, 11) is 0. The number of carbonyl (C=O) groups excluding carboxylic acids is 1. The maximum atomic E-state index is 13.1. The van der Waals surface area contributed by atoms with Crippen molar-refractivity contribution >= 4 is 5.91 Å². The number of aliphatic hydroxyl groups is 1. The van der Waals surface area contributed by atoms with E-state index in [1.54, 1.807) is 0 Å². The van der Waals surface area contributed by atoms with E-state index < -0.39 is 24.4 Å². The number of hydrogen-bond donors (Lipinski definition) is 3. The predicted molar refractivity (Wildman–Crippen MR) is 150 cm³/mol. The lowest BCUT2D eigenvalue weighted by molar-refractivity contribution is -0.133. The van der Waals surface area contributed by atoms with Gasteiger partial charge in [-0.25, -0.2) is 0 Å². The molecule has 5 nitrogen and oxygen atoms in total. The fourth-order valence-corrected chi connectivity index (χ4v) is 6.34. The average Bonchev–Trinajstić information content (AvgIpc) is 3.26. The fourth-order valence-electron chi connectivity index (χ4n) is 6.34. The summed E-state index contributed by atoms with van der Waals surface area (Å²) in [6, 6.07) is 24.8. The van der Waals surface area contributed by atoms with Crippen molar-refractivity contribution < 1.29 is 23.1 Å². The van der Waals surface area contributed by atoms with Crippen LogP contribution < -0.4 is 10.6 Å². The van der Waals surface area contributed by atoms with Gasteiger partial charge in [0.2, 0.25) is 0 Å². The van der Waals surface area contributed by atoms with Crippen LogP contribution in [0.4, 0.5) is 13.2 Å². The summed E-state index contributed by atoms with van der Waals surface area (Å²) in [6.07, 6.45) is -1.92. The molecule has 1 atom stereocenters. The van der Waals surface area contributed by atoms with E-state index in [9.17, 15) is 23.1 Å². The molecule has 3 aromatic carbocycles. The first-order valence-corrected chi connectivity index (χ1v) is 14.0. The number of fused-ring (bicyclic) bond motifs is 3. The summed E-state index contributed by atoms with van der Waals surface area (Å²) in [4.78, 5) is 14.9. The normalized spacial score (nSPS) is 17.7. The maximum absolute atomic E-state index is 13.1. The van der Waals surface area contributed by atoms with E-state index in [-0.39, 0.29) is 11.9 Å². The lowest BCUT2D eigenvalue weighted by Crippen LogP contribution is -2.51. The molecule has 1 unspecified atom stereocenters. The smallest absolute Gasteiger partial charge is 0.377 e. The minimum Gasteiger partial charge on any atom is -0.377 e. The van der Waals surface area contributed by atoms with Gasteiger partial charge in [-0.2, -0.15) is 13.2 Å². The third-order valence-electron chi connectivity index (χ3n) is 8.32. The molecule has 1 saturated heterocycles. The number of nitrogens with one attached hydrogen (secondary N) is 2. The molecule has 212 valence electrons. The highest BCUT2D eigenvalue weighted by atomic mass is 19.4. The zero-order valence-corrected chi connectivity index (χ0v) is 22.5. The third kappa shape index (κ3) is 6.09. The molecule has 1 fully saturated rings. The molecule has 3 N–H and O–H groups in total. The molecule has 0 saturated carbocycles. The van der Waals surface area contributed by atoms with Crippen molar-refractivity contribution in [3.05, 3.63) is 95.6 Å². The Balaban J connectivity index is 1.21. The summed E-state index contributed by atoms with van der Waals surface area (Å²) in [5, 5.41) is 16.9. The van der Waals surface area contributed by atoms with Gasteiger partial charge in [-0.15, -0.1) is 0 Å². The van der Waals surface area contributed by atoms with Crippen LogP contribution in [0, 0.1) is 0 Å². The van der Waals surface area contributed by atoms with Gasteiger partial charge < -0.3 is 15.3 Å². The Morgan fingerprint density at radius 3 is 2.08 bits per heavy atom. The summed E-state index contributed by atoms with van der Waals surface area (Å²) in [6.45, 7) is 1.37. The number of carbonyl (C=O) groups is 1. The van der Waals surface area contributed by atoms with Crippen LogP contribution in [0.2, 0.25) is 0 Å². The fraction of sp³-hybridized carbons (Fsp3) is 0.406. The van der Waals surface area contributed by atoms with Gasteiger partial charge >= 0.3 is 6.18 Å². The first-order chi connectivity index (χ1) is 19.3. The van der Waals surface area contributed by atoms with E-state index in [0.29, 0.717) is 12.0 Å². The maximum Gasteiger partial charge on any atom is 0.401 e. The number of nitrogens with zero attached hydrogens (tertiary/aromatic N) is 1. The second-order valence-corrected chi connectivity index (χ2v) is 10.9. The zero-order chi connectivity index (χ0) is 28.2. The molecule has 3 aromatic rings. The van der Waals surface area contributed by atoms with Gasteiger partial charge in [0.1, 0.15) is 6.23 Å². The van der Waals surface area contributed by atoms with Crippen LogP contribution in [-0.2, 0) is 5.41 Å². The molecule has 1 amide bonds. The number of likely N-dealkylation sites (tertiary alicyclic amines) is 1. The van der Waals surface area contributed by atoms with E-state index in [1.807, 2.05) is 78.9 Å². The topological polar surface area (TPSA) is 64.6 Å². The van der Waals surface area contributed by atoms with Crippen molar-refractivity contribution in [1.82, 2.24) is 15.5 Å². The number of halogens is 3. The highest BCUT2D eigenvalue weighted by Gasteiger charge is 2.48. The second kappa shape index (κ2) is 12.1. The van der Waals surface area contributed by atoms with E-state index >= 15 is 0 Å². The molecule has 0 spiro atoms. The van der Waals surface area contributed by atoms with Crippen molar-refractivity contribution in [2.45, 2.75) is 56.0 Å². The van der Waals surface area contributed by atoms with E-state index in [2.05, 4.69) is 15.5 Å². The number of hydrogen-bond acceptors (Lipinski definition) is 4. The highest BCUT2D eigenvalue weighted by Crippen LogP contribution is 2.52. The van der Waals surface area contributed by atoms with Crippen LogP contribution in [0.25, 0.3) is 11.1 Å². The molecule has 0 bridgehead atoms. The molecular formula is C32H36F3N3O2. The van der Waals surface area contributed by atoms with Gasteiger partial charge in [0.05, 0.1) is 12.0 Å². The lowest BCUT2D eigenvalue weighted by Gasteiger charge is -2.38. The molecule has 40 heavy (non-hydrogen) atoms. The summed E-state index contributed by atoms with van der Waals surface area (Å²) < 4.78 is 39.3. The zero-order valence-electron chi connectivity index (χ0n) is 22.5. The Morgan fingerprint density at radius 2 is 1.48 bits per heavy atom. The Labute approximate surface area is 233 Å². The van der Waals surface area contributed by atoms with Gasteiger partial charge in [0.15, 0.2) is 0 Å². The first kappa shape index (κ1) is 28.3. The van der Waals surface area contributed by atoms with Crippen LogP contribution in [-0.4, -0.2) is 60.5 Å². The summed E-state index contributed by atoms with van der Waals surface area (Å²) in [5.74, 6) is -0.0424. The van der Waals surface area contributed by atoms with E-state index in [4.69, 9.17) is 0 Å². The van der Waals surface area contributed by atoms with Crippen molar-refractivity contribution in [3.63, 3.8) is 0 Å². The number of aliphatic hydroxyl groups excluding tert-OH is 1. The van der Waals surface area contributed by atoms with Crippen LogP contribution in [0.1, 0.15) is 53.6 Å². The Kier molecular flexibility index (Phi) is 8.59. The van der Waals surface area contributed by atoms with Crippen molar-refractivity contribution in [1.29, 1.82) is 0 Å². The van der Waals surface area contributed by atoms with Crippen LogP contribution in [0.5, 0.6) is 0 Å². The standard InChI is InChI=1S/C32H36F3N3O2/c33-32(34,35)22-36-30(40)31(27-14-6-4-12-25(27)26-13-5-7-15-28(26)31)18-8-9-19-38-20-16-24(17-21-38)37-29(39)23-10-2-1-3-11-23/h1-7,10-15,24,30,36,40H,8-9,16-22H2,(H,37,39). The molecule has 1 heterocycles. The van der Waals surface area contributed by atoms with Crippen LogP contribution in [0.15, 0.2) is 78.9 Å². The number of amides is 1. The van der Waals surface area contributed by atoms with E-state index in [0.717, 1.165) is 67.6 Å². The Hall–Kier alpha value is -3.20. The molecule has 0 aromatic heterocycles. The summed E-state index contributed by atoms with van der Waals surface area (Å²) >= 11 is 0. The predicted octanol–water partition coefficient (Wildman–Crippen LogP) is 5.49. The molecule has 5 rings (SSSR count). The van der Waals surface area contributed by atoms with Crippen molar-refractivity contribution in [2.75, 3.05) is 26.2 Å².